The first-order chi connectivity index (χ1) is 9.21. The summed E-state index contributed by atoms with van der Waals surface area (Å²) in [6, 6.07) is 13.3. The van der Waals surface area contributed by atoms with Crippen LogP contribution in [0.5, 0.6) is 0 Å². The number of rotatable bonds is 3. The molecule has 0 saturated heterocycles. The molecule has 1 heterocycles. The number of hydrogen-bond donors (Lipinski definition) is 1. The summed E-state index contributed by atoms with van der Waals surface area (Å²) in [7, 11) is 0. The van der Waals surface area contributed by atoms with Gasteiger partial charge in [0.25, 0.3) is 0 Å². The van der Waals surface area contributed by atoms with E-state index in [1.54, 1.807) is 18.3 Å². The van der Waals surface area contributed by atoms with Gasteiger partial charge in [-0.15, -0.1) is 0 Å². The number of carbonyl (C=O) groups excluding carboxylic acids is 1. The summed E-state index contributed by atoms with van der Waals surface area (Å²) >= 11 is 5.81. The predicted molar refractivity (Wildman–Crippen MR) is 75.2 cm³/mol. The number of hydrogen-bond acceptors (Lipinski definition) is 2. The fraction of sp³-hybridized carbons (Fsp3) is 0.200. The van der Waals surface area contributed by atoms with Crippen molar-refractivity contribution in [2.75, 3.05) is 5.32 Å². The number of nitrogens with one attached hydrogen (secondary N) is 1. The van der Waals surface area contributed by atoms with Crippen LogP contribution in [0.25, 0.3) is 0 Å². The highest BCUT2D eigenvalue weighted by Crippen LogP contribution is 2.48. The highest BCUT2D eigenvalue weighted by Gasteiger charge is 2.51. The smallest absolute Gasteiger partial charge is 0.235 e. The van der Waals surface area contributed by atoms with E-state index in [4.69, 9.17) is 11.6 Å². The monoisotopic (exact) mass is 272 g/mol. The second-order valence-electron chi connectivity index (χ2n) is 4.77. The lowest BCUT2D eigenvalue weighted by Crippen LogP contribution is -2.27. The molecule has 2 aromatic rings. The van der Waals surface area contributed by atoms with Crippen molar-refractivity contribution in [2.45, 2.75) is 18.3 Å². The number of aromatic nitrogens is 1. The molecule has 0 radical (unpaired) electrons. The average molecular weight is 273 g/mol. The molecule has 1 saturated carbocycles. The van der Waals surface area contributed by atoms with Crippen molar-refractivity contribution in [1.82, 2.24) is 4.98 Å². The Kier molecular flexibility index (Phi) is 2.99. The molecule has 3 rings (SSSR count). The zero-order valence-corrected chi connectivity index (χ0v) is 11.0. The second kappa shape index (κ2) is 4.67. The Hall–Kier alpha value is -1.87. The number of halogens is 1. The quantitative estimate of drug-likeness (QED) is 0.870. The van der Waals surface area contributed by atoms with E-state index in [1.807, 2.05) is 30.3 Å². The number of benzene rings is 1. The molecule has 1 aliphatic rings. The van der Waals surface area contributed by atoms with E-state index in [0.29, 0.717) is 10.8 Å². The van der Waals surface area contributed by atoms with Crippen molar-refractivity contribution >= 4 is 23.2 Å². The summed E-state index contributed by atoms with van der Waals surface area (Å²) in [6.45, 7) is 0. The van der Waals surface area contributed by atoms with Crippen molar-refractivity contribution in [3.8, 4) is 0 Å². The summed E-state index contributed by atoms with van der Waals surface area (Å²) in [5, 5.41) is 3.30. The maximum atomic E-state index is 12.4. The van der Waals surface area contributed by atoms with Crippen LogP contribution in [0.3, 0.4) is 0 Å². The molecule has 0 unspecified atom stereocenters. The molecule has 0 bridgehead atoms. The van der Waals surface area contributed by atoms with Crippen LogP contribution in [-0.4, -0.2) is 10.9 Å². The molecule has 1 aliphatic carbocycles. The van der Waals surface area contributed by atoms with Crippen molar-refractivity contribution in [3.05, 3.63) is 59.4 Å². The molecule has 1 N–H and O–H groups in total. The van der Waals surface area contributed by atoms with Crippen LogP contribution in [0.1, 0.15) is 18.4 Å². The summed E-state index contributed by atoms with van der Waals surface area (Å²) < 4.78 is 0. The highest BCUT2D eigenvalue weighted by atomic mass is 35.5. The normalized spacial score (nSPS) is 15.8. The van der Waals surface area contributed by atoms with Crippen LogP contribution in [0.2, 0.25) is 5.15 Å². The molecule has 1 amide bonds. The van der Waals surface area contributed by atoms with E-state index in [-0.39, 0.29) is 11.3 Å². The fourth-order valence-corrected chi connectivity index (χ4v) is 2.43. The van der Waals surface area contributed by atoms with Crippen LogP contribution in [0, 0.1) is 0 Å². The Morgan fingerprint density at radius 2 is 1.95 bits per heavy atom. The summed E-state index contributed by atoms with van der Waals surface area (Å²) in [5.74, 6) is 0.0287. The number of anilines is 1. The van der Waals surface area contributed by atoms with Gasteiger partial charge in [0.1, 0.15) is 5.15 Å². The van der Waals surface area contributed by atoms with Crippen LogP contribution in [0.4, 0.5) is 5.69 Å². The molecule has 4 heteroatoms. The summed E-state index contributed by atoms with van der Waals surface area (Å²) in [5.41, 5.74) is 1.40. The minimum atomic E-state index is -0.364. The summed E-state index contributed by atoms with van der Waals surface area (Å²) in [4.78, 5) is 16.3. The van der Waals surface area contributed by atoms with E-state index < -0.39 is 0 Å². The van der Waals surface area contributed by atoms with E-state index in [1.165, 1.54) is 0 Å². The third-order valence-corrected chi connectivity index (χ3v) is 3.70. The molecule has 0 spiro atoms. The van der Waals surface area contributed by atoms with Gasteiger partial charge in [-0.1, -0.05) is 41.9 Å². The first kappa shape index (κ1) is 12.2. The number of amides is 1. The molecule has 1 aromatic heterocycles. The van der Waals surface area contributed by atoms with Gasteiger partial charge in [0.05, 0.1) is 5.41 Å². The van der Waals surface area contributed by atoms with E-state index in [9.17, 15) is 4.79 Å². The largest absolute Gasteiger partial charge is 0.325 e. The van der Waals surface area contributed by atoms with E-state index >= 15 is 0 Å². The zero-order chi connectivity index (χ0) is 13.3. The third kappa shape index (κ3) is 2.34. The lowest BCUT2D eigenvalue weighted by atomic mass is 9.95. The maximum absolute atomic E-state index is 12.4. The molecule has 1 aromatic carbocycles. The Labute approximate surface area is 116 Å². The lowest BCUT2D eigenvalue weighted by molar-refractivity contribution is -0.118. The Morgan fingerprint density at radius 3 is 2.58 bits per heavy atom. The van der Waals surface area contributed by atoms with Gasteiger partial charge in [-0.2, -0.15) is 0 Å². The third-order valence-electron chi connectivity index (χ3n) is 3.50. The Balaban J connectivity index is 1.82. The first-order valence-corrected chi connectivity index (χ1v) is 6.57. The van der Waals surface area contributed by atoms with Gasteiger partial charge in [-0.25, -0.2) is 4.98 Å². The van der Waals surface area contributed by atoms with Gasteiger partial charge in [-0.3, -0.25) is 4.79 Å². The minimum absolute atomic E-state index is 0.0287. The molecule has 3 nitrogen and oxygen atoms in total. The number of pyridine rings is 1. The molecule has 19 heavy (non-hydrogen) atoms. The van der Waals surface area contributed by atoms with Crippen LogP contribution < -0.4 is 5.32 Å². The van der Waals surface area contributed by atoms with Gasteiger partial charge in [0.15, 0.2) is 0 Å². The molecule has 0 atom stereocenters. The van der Waals surface area contributed by atoms with Crippen molar-refractivity contribution in [2.24, 2.45) is 0 Å². The molecular weight excluding hydrogens is 260 g/mol. The van der Waals surface area contributed by atoms with Gasteiger partial charge in [0, 0.05) is 11.9 Å². The fourth-order valence-electron chi connectivity index (χ4n) is 2.26. The Morgan fingerprint density at radius 1 is 1.21 bits per heavy atom. The Bertz CT molecular complexity index is 609. The average Bonchev–Trinajstić information content (AvgIpc) is 3.21. The van der Waals surface area contributed by atoms with Gasteiger partial charge in [-0.05, 0) is 30.5 Å². The molecule has 0 aliphatic heterocycles. The van der Waals surface area contributed by atoms with Crippen molar-refractivity contribution in [1.29, 1.82) is 0 Å². The SMILES string of the molecule is O=C(Nc1ccnc(Cl)c1)C1(c2ccccc2)CC1. The van der Waals surface area contributed by atoms with Crippen LogP contribution in [0.15, 0.2) is 48.7 Å². The van der Waals surface area contributed by atoms with Crippen LogP contribution >= 0.6 is 11.6 Å². The predicted octanol–water partition coefficient (Wildman–Crippen LogP) is 3.41. The van der Waals surface area contributed by atoms with Gasteiger partial charge < -0.3 is 5.32 Å². The van der Waals surface area contributed by atoms with Gasteiger partial charge >= 0.3 is 0 Å². The number of nitrogens with zero attached hydrogens (tertiary/aromatic N) is 1. The number of carbonyl (C=O) groups is 1. The maximum Gasteiger partial charge on any atom is 0.235 e. The van der Waals surface area contributed by atoms with E-state index in [0.717, 1.165) is 18.4 Å². The van der Waals surface area contributed by atoms with E-state index in [2.05, 4.69) is 10.3 Å². The van der Waals surface area contributed by atoms with Crippen LogP contribution in [-0.2, 0) is 10.2 Å². The first-order valence-electron chi connectivity index (χ1n) is 6.19. The highest BCUT2D eigenvalue weighted by molar-refractivity contribution is 6.29. The molecular formula is C15H13ClN2O. The molecule has 1 fully saturated rings. The zero-order valence-electron chi connectivity index (χ0n) is 10.3. The standard InChI is InChI=1S/C15H13ClN2O/c16-13-10-12(6-9-17-13)18-14(19)15(7-8-15)11-4-2-1-3-5-11/h1-6,9-10H,7-8H2,(H,17,18,19). The topological polar surface area (TPSA) is 42.0 Å². The van der Waals surface area contributed by atoms with Gasteiger partial charge in [0.2, 0.25) is 5.91 Å². The summed E-state index contributed by atoms with van der Waals surface area (Å²) in [6.07, 6.45) is 3.36. The molecule has 96 valence electrons. The van der Waals surface area contributed by atoms with Crippen molar-refractivity contribution < 1.29 is 4.79 Å². The van der Waals surface area contributed by atoms with Crippen molar-refractivity contribution in [3.63, 3.8) is 0 Å². The lowest BCUT2D eigenvalue weighted by Gasteiger charge is -2.15. The minimum Gasteiger partial charge on any atom is -0.325 e. The second-order valence-corrected chi connectivity index (χ2v) is 5.16.